The lowest BCUT2D eigenvalue weighted by Gasteiger charge is -2.08. The molecule has 0 spiro atoms. The van der Waals surface area contributed by atoms with Crippen molar-refractivity contribution in [1.82, 2.24) is 4.98 Å². The number of hydrogen-bond acceptors (Lipinski definition) is 2. The van der Waals surface area contributed by atoms with Gasteiger partial charge in [-0.05, 0) is 18.6 Å². The molecule has 0 unspecified atom stereocenters. The molecule has 1 N–H and O–H groups in total. The number of rotatable bonds is 4. The molecule has 0 aliphatic carbocycles. The third kappa shape index (κ3) is 2.35. The van der Waals surface area contributed by atoms with Crippen LogP contribution in [0.5, 0.6) is 0 Å². The van der Waals surface area contributed by atoms with Gasteiger partial charge in [0.25, 0.3) is 0 Å². The molecule has 0 radical (unpaired) electrons. The van der Waals surface area contributed by atoms with E-state index in [2.05, 4.69) is 45.3 Å². The Kier molecular flexibility index (Phi) is 3.78. The Morgan fingerprint density at radius 3 is 2.94 bits per heavy atom. The fourth-order valence-corrected chi connectivity index (χ4v) is 2.19. The molecule has 2 aromatic rings. The zero-order chi connectivity index (χ0) is 11.4. The third-order valence-electron chi connectivity index (χ3n) is 2.58. The predicted molar refractivity (Wildman–Crippen MR) is 72.8 cm³/mol. The lowest BCUT2D eigenvalue weighted by Crippen LogP contribution is -2.03. The molecular weight excluding hydrogens is 264 g/mol. The molecule has 0 atom stereocenters. The predicted octanol–water partition coefficient (Wildman–Crippen LogP) is 4.21. The van der Waals surface area contributed by atoms with Gasteiger partial charge in [0.05, 0.1) is 0 Å². The summed E-state index contributed by atoms with van der Waals surface area (Å²) in [4.78, 5) is 4.39. The summed E-state index contributed by atoms with van der Waals surface area (Å²) in [5.41, 5.74) is 0. The van der Waals surface area contributed by atoms with E-state index in [0.717, 1.165) is 16.8 Å². The third-order valence-corrected chi connectivity index (χ3v) is 3.27. The average Bonchev–Trinajstić information content (AvgIpc) is 2.31. The molecule has 0 saturated carbocycles. The van der Waals surface area contributed by atoms with Gasteiger partial charge in [-0.1, -0.05) is 41.4 Å². The fraction of sp³-hybridized carbons (Fsp3) is 0.308. The second-order valence-corrected chi connectivity index (χ2v) is 4.63. The number of fused-ring (bicyclic) bond motifs is 1. The molecule has 1 aromatic heterocycles. The normalized spacial score (nSPS) is 10.6. The summed E-state index contributed by atoms with van der Waals surface area (Å²) < 4.78 is 1.12. The summed E-state index contributed by atoms with van der Waals surface area (Å²) in [5.74, 6) is 0.979. The molecule has 0 bridgehead atoms. The van der Waals surface area contributed by atoms with E-state index in [-0.39, 0.29) is 0 Å². The first-order valence-electron chi connectivity index (χ1n) is 5.60. The summed E-state index contributed by atoms with van der Waals surface area (Å²) >= 11 is 3.56. The highest BCUT2D eigenvalue weighted by molar-refractivity contribution is 9.10. The maximum Gasteiger partial charge on any atom is 0.133 e. The first-order chi connectivity index (χ1) is 7.83. The van der Waals surface area contributed by atoms with Gasteiger partial charge in [0.15, 0.2) is 0 Å². The first-order valence-corrected chi connectivity index (χ1v) is 6.39. The molecule has 0 aliphatic rings. The van der Waals surface area contributed by atoms with Gasteiger partial charge < -0.3 is 5.32 Å². The molecule has 16 heavy (non-hydrogen) atoms. The molecule has 1 heterocycles. The van der Waals surface area contributed by atoms with Gasteiger partial charge in [-0.3, -0.25) is 0 Å². The van der Waals surface area contributed by atoms with Crippen LogP contribution in [0.25, 0.3) is 10.8 Å². The second-order valence-electron chi connectivity index (χ2n) is 3.77. The molecule has 0 aliphatic heterocycles. The Labute approximate surface area is 104 Å². The van der Waals surface area contributed by atoms with Gasteiger partial charge in [0.2, 0.25) is 0 Å². The summed E-state index contributed by atoms with van der Waals surface area (Å²) in [5, 5.41) is 5.76. The first kappa shape index (κ1) is 11.4. The SMILES string of the molecule is CCCCNc1nccc2c(Br)cccc12. The summed E-state index contributed by atoms with van der Waals surface area (Å²) in [6.07, 6.45) is 4.22. The molecular formula is C13H15BrN2. The van der Waals surface area contributed by atoms with E-state index in [0.29, 0.717) is 0 Å². The van der Waals surface area contributed by atoms with Crippen molar-refractivity contribution in [2.45, 2.75) is 19.8 Å². The molecule has 0 saturated heterocycles. The van der Waals surface area contributed by atoms with Crippen LogP contribution in [0.2, 0.25) is 0 Å². The summed E-state index contributed by atoms with van der Waals surface area (Å²) in [6.45, 7) is 3.17. The number of halogens is 1. The van der Waals surface area contributed by atoms with Crippen molar-refractivity contribution in [2.24, 2.45) is 0 Å². The molecule has 1 aromatic carbocycles. The zero-order valence-electron chi connectivity index (χ0n) is 9.33. The van der Waals surface area contributed by atoms with Crippen LogP contribution >= 0.6 is 15.9 Å². The molecule has 0 fully saturated rings. The van der Waals surface area contributed by atoms with Crippen molar-refractivity contribution in [3.63, 3.8) is 0 Å². The van der Waals surface area contributed by atoms with Crippen LogP contribution in [0.15, 0.2) is 34.9 Å². The molecule has 3 heteroatoms. The minimum atomic E-state index is 0.979. The second kappa shape index (κ2) is 5.30. The van der Waals surface area contributed by atoms with E-state index >= 15 is 0 Å². The number of pyridine rings is 1. The van der Waals surface area contributed by atoms with E-state index < -0.39 is 0 Å². The monoisotopic (exact) mass is 278 g/mol. The molecule has 84 valence electrons. The topological polar surface area (TPSA) is 24.9 Å². The Morgan fingerprint density at radius 2 is 2.12 bits per heavy atom. The maximum absolute atomic E-state index is 4.39. The van der Waals surface area contributed by atoms with Crippen molar-refractivity contribution in [2.75, 3.05) is 11.9 Å². The van der Waals surface area contributed by atoms with Crippen LogP contribution in [0.3, 0.4) is 0 Å². The van der Waals surface area contributed by atoms with Crippen LogP contribution < -0.4 is 5.32 Å². The quantitative estimate of drug-likeness (QED) is 0.848. The standard InChI is InChI=1S/C13H15BrN2/c1-2-3-8-15-13-11-5-4-6-12(14)10(11)7-9-16-13/h4-7,9H,2-3,8H2,1H3,(H,15,16). The highest BCUT2D eigenvalue weighted by Crippen LogP contribution is 2.27. The number of nitrogens with one attached hydrogen (secondary N) is 1. The van der Waals surface area contributed by atoms with Crippen molar-refractivity contribution in [1.29, 1.82) is 0 Å². The largest absolute Gasteiger partial charge is 0.370 e. The van der Waals surface area contributed by atoms with Crippen LogP contribution in [-0.2, 0) is 0 Å². The lowest BCUT2D eigenvalue weighted by atomic mass is 10.1. The fourth-order valence-electron chi connectivity index (χ4n) is 1.69. The van der Waals surface area contributed by atoms with Gasteiger partial charge in [-0.15, -0.1) is 0 Å². The van der Waals surface area contributed by atoms with Crippen LogP contribution in [0.1, 0.15) is 19.8 Å². The smallest absolute Gasteiger partial charge is 0.133 e. The number of unbranched alkanes of at least 4 members (excludes halogenated alkanes) is 1. The van der Waals surface area contributed by atoms with Gasteiger partial charge in [-0.25, -0.2) is 4.98 Å². The number of benzene rings is 1. The summed E-state index contributed by atoms with van der Waals surface area (Å²) in [6, 6.07) is 8.23. The number of hydrogen-bond donors (Lipinski definition) is 1. The number of anilines is 1. The van der Waals surface area contributed by atoms with Crippen LogP contribution in [0.4, 0.5) is 5.82 Å². The number of nitrogens with zero attached hydrogens (tertiary/aromatic N) is 1. The van der Waals surface area contributed by atoms with Gasteiger partial charge in [0.1, 0.15) is 5.82 Å². The molecule has 2 nitrogen and oxygen atoms in total. The summed E-state index contributed by atoms with van der Waals surface area (Å²) in [7, 11) is 0. The van der Waals surface area contributed by atoms with E-state index in [1.165, 1.54) is 23.6 Å². The van der Waals surface area contributed by atoms with Crippen molar-refractivity contribution in [3.8, 4) is 0 Å². The van der Waals surface area contributed by atoms with E-state index in [9.17, 15) is 0 Å². The Hall–Kier alpha value is -1.09. The highest BCUT2D eigenvalue weighted by Gasteiger charge is 2.03. The number of aromatic nitrogens is 1. The van der Waals surface area contributed by atoms with Crippen LogP contribution in [0, 0.1) is 0 Å². The van der Waals surface area contributed by atoms with Crippen LogP contribution in [-0.4, -0.2) is 11.5 Å². The molecule has 0 amide bonds. The Morgan fingerprint density at radius 1 is 1.25 bits per heavy atom. The van der Waals surface area contributed by atoms with Crippen molar-refractivity contribution < 1.29 is 0 Å². The average molecular weight is 279 g/mol. The van der Waals surface area contributed by atoms with Gasteiger partial charge >= 0.3 is 0 Å². The minimum absolute atomic E-state index is 0.979. The molecule has 2 rings (SSSR count). The van der Waals surface area contributed by atoms with E-state index in [1.54, 1.807) is 0 Å². The Bertz CT molecular complexity index is 482. The van der Waals surface area contributed by atoms with Gasteiger partial charge in [0, 0.05) is 28.0 Å². The Balaban J connectivity index is 2.34. The van der Waals surface area contributed by atoms with Gasteiger partial charge in [-0.2, -0.15) is 0 Å². The zero-order valence-corrected chi connectivity index (χ0v) is 10.9. The lowest BCUT2D eigenvalue weighted by molar-refractivity contribution is 0.832. The highest BCUT2D eigenvalue weighted by atomic mass is 79.9. The van der Waals surface area contributed by atoms with E-state index in [1.807, 2.05) is 18.3 Å². The van der Waals surface area contributed by atoms with Crippen molar-refractivity contribution >= 4 is 32.5 Å². The maximum atomic E-state index is 4.39. The van der Waals surface area contributed by atoms with E-state index in [4.69, 9.17) is 0 Å². The van der Waals surface area contributed by atoms with Crippen molar-refractivity contribution in [3.05, 3.63) is 34.9 Å². The minimum Gasteiger partial charge on any atom is -0.370 e.